The van der Waals surface area contributed by atoms with Gasteiger partial charge in [-0.2, -0.15) is 0 Å². The van der Waals surface area contributed by atoms with Crippen LogP contribution in [0.25, 0.3) is 0 Å². The Kier molecular flexibility index (Phi) is 3.80. The molecule has 2 aromatic rings. The maximum absolute atomic E-state index is 14.5. The highest BCUT2D eigenvalue weighted by Gasteiger charge is 2.58. The molecule has 3 heterocycles. The molecule has 1 amide bonds. The topological polar surface area (TPSA) is 102 Å². The van der Waals surface area contributed by atoms with Crippen LogP contribution in [0, 0.1) is 11.7 Å². The van der Waals surface area contributed by atoms with Crippen LogP contribution in [-0.2, 0) is 10.3 Å². The minimum atomic E-state index is -0.935. The number of hydrogen-bond donors (Lipinski definition) is 2. The maximum Gasteiger partial charge on any atom is 0.283 e. The normalized spacial score (nSPS) is 26.3. The predicted molar refractivity (Wildman–Crippen MR) is 93.3 cm³/mol. The largest absolute Gasteiger partial charge is 0.462 e. The van der Waals surface area contributed by atoms with Gasteiger partial charge in [-0.25, -0.2) is 14.4 Å². The van der Waals surface area contributed by atoms with Crippen LogP contribution in [0.15, 0.2) is 35.6 Å². The summed E-state index contributed by atoms with van der Waals surface area (Å²) < 4.78 is 19.8. The molecule has 7 nitrogen and oxygen atoms in total. The molecule has 0 radical (unpaired) electrons. The minimum Gasteiger partial charge on any atom is -0.462 e. The molecular formula is C17H15ClFN5O2. The number of pyridine rings is 2. The highest BCUT2D eigenvalue weighted by molar-refractivity contribution is 6.30. The molecule has 2 aromatic heterocycles. The van der Waals surface area contributed by atoms with Crippen LogP contribution in [-0.4, -0.2) is 28.0 Å². The Labute approximate surface area is 153 Å². The second-order valence-corrected chi connectivity index (χ2v) is 6.91. The molecule has 3 atom stereocenters. The number of anilines is 1. The molecule has 1 fully saturated rings. The van der Waals surface area contributed by atoms with E-state index in [1.165, 1.54) is 30.6 Å². The summed E-state index contributed by atoms with van der Waals surface area (Å²) in [6.07, 6.45) is 3.46. The molecular weight excluding hydrogens is 361 g/mol. The lowest BCUT2D eigenvalue weighted by Crippen LogP contribution is -2.36. The Morgan fingerprint density at radius 3 is 3.04 bits per heavy atom. The highest BCUT2D eigenvalue weighted by Crippen LogP contribution is 2.52. The van der Waals surface area contributed by atoms with Crippen LogP contribution >= 0.6 is 11.6 Å². The molecule has 1 aliphatic heterocycles. The molecule has 1 aliphatic carbocycles. The second kappa shape index (κ2) is 5.91. The predicted octanol–water partition coefficient (Wildman–Crippen LogP) is 2.47. The number of rotatable bonds is 3. The second-order valence-electron chi connectivity index (χ2n) is 6.47. The summed E-state index contributed by atoms with van der Waals surface area (Å²) in [7, 11) is 0. The molecule has 9 heteroatoms. The number of carbonyl (C=O) groups excluding carboxylic acids is 1. The minimum absolute atomic E-state index is 0.000110. The fourth-order valence-corrected chi connectivity index (χ4v) is 3.38. The van der Waals surface area contributed by atoms with Crippen LogP contribution in [0.2, 0.25) is 5.02 Å². The van der Waals surface area contributed by atoms with Gasteiger partial charge in [0, 0.05) is 18.3 Å². The van der Waals surface area contributed by atoms with Gasteiger partial charge in [-0.05, 0) is 31.5 Å². The van der Waals surface area contributed by atoms with Crippen molar-refractivity contribution in [1.82, 2.24) is 9.97 Å². The van der Waals surface area contributed by atoms with E-state index in [0.29, 0.717) is 5.02 Å². The van der Waals surface area contributed by atoms with E-state index in [2.05, 4.69) is 20.3 Å². The Morgan fingerprint density at radius 2 is 2.27 bits per heavy atom. The number of amides is 1. The highest BCUT2D eigenvalue weighted by atomic mass is 35.5. The molecule has 26 heavy (non-hydrogen) atoms. The fourth-order valence-electron chi connectivity index (χ4n) is 3.21. The van der Waals surface area contributed by atoms with Crippen LogP contribution in [0.5, 0.6) is 0 Å². The number of amidine groups is 1. The quantitative estimate of drug-likeness (QED) is 0.857. The summed E-state index contributed by atoms with van der Waals surface area (Å²) in [5.74, 6) is -0.765. The first-order chi connectivity index (χ1) is 12.4. The zero-order chi connectivity index (χ0) is 18.5. The Balaban J connectivity index is 1.65. The van der Waals surface area contributed by atoms with Crippen molar-refractivity contribution in [1.29, 1.82) is 0 Å². The van der Waals surface area contributed by atoms with Gasteiger partial charge in [-0.15, -0.1) is 0 Å². The van der Waals surface area contributed by atoms with Crippen molar-refractivity contribution in [2.75, 3.05) is 5.32 Å². The number of nitrogens with zero attached hydrogens (tertiary/aromatic N) is 3. The molecule has 1 saturated carbocycles. The fraction of sp³-hybridized carbons (Fsp3) is 0.294. The van der Waals surface area contributed by atoms with Crippen LogP contribution in [0.4, 0.5) is 10.2 Å². The number of halogens is 2. The van der Waals surface area contributed by atoms with E-state index < -0.39 is 17.3 Å². The molecule has 0 saturated heterocycles. The summed E-state index contributed by atoms with van der Waals surface area (Å²) in [6, 6.07) is 4.13. The zero-order valence-corrected chi connectivity index (χ0v) is 14.5. The van der Waals surface area contributed by atoms with Gasteiger partial charge in [0.15, 0.2) is 0 Å². The van der Waals surface area contributed by atoms with Gasteiger partial charge in [0.1, 0.15) is 29.0 Å². The van der Waals surface area contributed by atoms with Gasteiger partial charge < -0.3 is 15.8 Å². The third-order valence-electron chi connectivity index (χ3n) is 4.60. The van der Waals surface area contributed by atoms with Gasteiger partial charge in [0.2, 0.25) is 0 Å². The number of nitrogens with two attached hydrogens (primary N) is 1. The van der Waals surface area contributed by atoms with Crippen molar-refractivity contribution >= 4 is 29.3 Å². The van der Waals surface area contributed by atoms with Gasteiger partial charge in [-0.1, -0.05) is 11.6 Å². The lowest BCUT2D eigenvalue weighted by molar-refractivity contribution is 0.102. The van der Waals surface area contributed by atoms with Crippen LogP contribution < -0.4 is 11.1 Å². The summed E-state index contributed by atoms with van der Waals surface area (Å²) in [5, 5.41) is 2.96. The van der Waals surface area contributed by atoms with Gasteiger partial charge in [0.25, 0.3) is 11.9 Å². The lowest BCUT2D eigenvalue weighted by Gasteiger charge is -2.29. The van der Waals surface area contributed by atoms with Crippen LogP contribution in [0.1, 0.15) is 29.4 Å². The number of aromatic nitrogens is 2. The Morgan fingerprint density at radius 1 is 1.46 bits per heavy atom. The van der Waals surface area contributed by atoms with Crippen LogP contribution in [0.3, 0.4) is 0 Å². The smallest absolute Gasteiger partial charge is 0.283 e. The first-order valence-corrected chi connectivity index (χ1v) is 8.35. The third kappa shape index (κ3) is 2.86. The molecule has 0 spiro atoms. The maximum atomic E-state index is 14.5. The van der Waals surface area contributed by atoms with E-state index in [1.54, 1.807) is 6.92 Å². The summed E-state index contributed by atoms with van der Waals surface area (Å²) in [4.78, 5) is 24.8. The number of nitrogens with one attached hydrogen (secondary N) is 1. The Hall–Kier alpha value is -2.74. The number of hydrogen-bond acceptors (Lipinski definition) is 6. The third-order valence-corrected chi connectivity index (χ3v) is 4.81. The molecule has 0 aromatic carbocycles. The number of carbonyl (C=O) groups is 1. The summed E-state index contributed by atoms with van der Waals surface area (Å²) >= 11 is 5.85. The molecule has 134 valence electrons. The first kappa shape index (κ1) is 16.7. The SMILES string of the molecule is C[C@@]1(c2nc(NC(=O)c3cncc(Cl)c3)ccc2F)N=C(N)O[C@H]2C[C@H]21. The van der Waals surface area contributed by atoms with Crippen molar-refractivity contribution < 1.29 is 13.9 Å². The average molecular weight is 376 g/mol. The number of fused-ring (bicyclic) bond motifs is 1. The molecule has 0 bridgehead atoms. The van der Waals surface area contributed by atoms with Gasteiger partial charge in [-0.3, -0.25) is 9.78 Å². The van der Waals surface area contributed by atoms with Crippen molar-refractivity contribution in [3.63, 3.8) is 0 Å². The van der Waals surface area contributed by atoms with E-state index >= 15 is 0 Å². The van der Waals surface area contributed by atoms with E-state index in [-0.39, 0.29) is 35.1 Å². The number of ether oxygens (including phenoxy) is 1. The molecule has 4 rings (SSSR count). The van der Waals surface area contributed by atoms with Crippen molar-refractivity contribution in [2.24, 2.45) is 16.6 Å². The van der Waals surface area contributed by atoms with Gasteiger partial charge >= 0.3 is 0 Å². The molecule has 2 aliphatic rings. The number of aliphatic imine (C=N–C) groups is 1. The average Bonchev–Trinajstić information content (AvgIpc) is 3.36. The summed E-state index contributed by atoms with van der Waals surface area (Å²) in [5.41, 5.74) is 5.17. The standard InChI is InChI=1S/C17H15ClFN5O2/c1-17(10-5-12(10)26-16(20)24-17)14-11(19)2-3-13(22-14)23-15(25)8-4-9(18)7-21-6-8/h2-4,6-7,10,12H,5H2,1H3,(H2,20,24)(H,22,23,25)/t10-,12+,17-/m1/s1. The zero-order valence-electron chi connectivity index (χ0n) is 13.7. The van der Waals surface area contributed by atoms with Crippen molar-refractivity contribution in [3.05, 3.63) is 52.7 Å². The Bertz CT molecular complexity index is 937. The van der Waals surface area contributed by atoms with E-state index in [1.807, 2.05) is 0 Å². The van der Waals surface area contributed by atoms with Crippen molar-refractivity contribution in [3.8, 4) is 0 Å². The van der Waals surface area contributed by atoms with E-state index in [0.717, 1.165) is 6.42 Å². The monoisotopic (exact) mass is 375 g/mol. The summed E-state index contributed by atoms with van der Waals surface area (Å²) in [6.45, 7) is 1.77. The van der Waals surface area contributed by atoms with E-state index in [9.17, 15) is 9.18 Å². The van der Waals surface area contributed by atoms with Gasteiger partial charge in [0.05, 0.1) is 10.6 Å². The lowest BCUT2D eigenvalue weighted by atomic mass is 9.90. The first-order valence-electron chi connectivity index (χ1n) is 7.98. The molecule has 3 N–H and O–H groups in total. The van der Waals surface area contributed by atoms with Crippen molar-refractivity contribution in [2.45, 2.75) is 25.0 Å². The van der Waals surface area contributed by atoms with E-state index in [4.69, 9.17) is 22.1 Å². The molecule has 0 unspecified atom stereocenters.